The van der Waals surface area contributed by atoms with E-state index in [1.165, 1.54) is 0 Å². The average Bonchev–Trinajstić information content (AvgIpc) is 3.10. The highest BCUT2D eigenvalue weighted by Gasteiger charge is 2.54. The molecule has 1 aliphatic carbocycles. The van der Waals surface area contributed by atoms with Crippen LogP contribution in [0.2, 0.25) is 0 Å². The van der Waals surface area contributed by atoms with Crippen molar-refractivity contribution in [1.29, 1.82) is 0 Å². The van der Waals surface area contributed by atoms with Gasteiger partial charge < -0.3 is 89.8 Å². The molecule has 2 aliphatic heterocycles. The molecule has 2 saturated heterocycles. The smallest absolute Gasteiger partial charge is 0.408 e. The summed E-state index contributed by atoms with van der Waals surface area (Å²) < 4.78 is 45.4. The van der Waals surface area contributed by atoms with Crippen LogP contribution in [0.1, 0.15) is 89.5 Å². The fourth-order valence-electron chi connectivity index (χ4n) is 6.69. The average molecular weight is 910 g/mol. The topological polar surface area (TPSA) is 360 Å². The Hall–Kier alpha value is -4.01. The van der Waals surface area contributed by atoms with Crippen molar-refractivity contribution >= 4 is 24.4 Å². The number of nitrogens with zero attached hydrogens (tertiary/aromatic N) is 3. The summed E-state index contributed by atoms with van der Waals surface area (Å²) in [6.07, 6.45) is -25.9. The number of nitrogens with one attached hydrogen (secondary N) is 4. The number of rotatable bonds is 11. The van der Waals surface area contributed by atoms with Crippen LogP contribution in [0.15, 0.2) is 5.11 Å². The van der Waals surface area contributed by atoms with Crippen molar-refractivity contribution in [3.05, 3.63) is 10.4 Å². The van der Waals surface area contributed by atoms with E-state index in [1.54, 1.807) is 83.1 Å². The number of azide groups is 1. The lowest BCUT2D eigenvalue weighted by Gasteiger charge is -2.49. The Labute approximate surface area is 365 Å². The number of hydrogen-bond acceptors (Lipinski definition) is 19. The summed E-state index contributed by atoms with van der Waals surface area (Å²) in [5.74, 6) is 0. The van der Waals surface area contributed by atoms with Gasteiger partial charge in [0.25, 0.3) is 0 Å². The molecular formula is C38H67N7O18. The van der Waals surface area contributed by atoms with E-state index in [4.69, 9.17) is 43.4 Å². The highest BCUT2D eigenvalue weighted by Crippen LogP contribution is 2.34. The fourth-order valence-corrected chi connectivity index (χ4v) is 6.69. The Morgan fingerprint density at radius 1 is 0.571 bits per heavy atom. The van der Waals surface area contributed by atoms with Crippen molar-refractivity contribution in [1.82, 2.24) is 21.3 Å². The van der Waals surface area contributed by atoms with Gasteiger partial charge in [-0.25, -0.2) is 19.2 Å². The van der Waals surface area contributed by atoms with E-state index >= 15 is 0 Å². The molecule has 2 heterocycles. The molecule has 63 heavy (non-hydrogen) atoms. The van der Waals surface area contributed by atoms with Crippen molar-refractivity contribution in [2.24, 2.45) is 5.11 Å². The number of alkyl carbamates (subject to hydrolysis) is 4. The summed E-state index contributed by atoms with van der Waals surface area (Å²) in [4.78, 5) is 54.6. The number of amides is 4. The molecule has 15 atom stereocenters. The fraction of sp³-hybridized carbons (Fsp3) is 0.895. The number of ether oxygens (including phenoxy) is 8. The van der Waals surface area contributed by atoms with Crippen LogP contribution in [-0.4, -0.2) is 182 Å². The lowest BCUT2D eigenvalue weighted by molar-refractivity contribution is -0.332. The highest BCUT2D eigenvalue weighted by molar-refractivity contribution is 5.70. The summed E-state index contributed by atoms with van der Waals surface area (Å²) in [5, 5.41) is 81.2. The lowest BCUT2D eigenvalue weighted by Crippen LogP contribution is -2.70. The molecule has 0 aromatic heterocycles. The zero-order valence-corrected chi connectivity index (χ0v) is 37.7. The molecule has 10 N–H and O–H groups in total. The molecule has 1 saturated carbocycles. The van der Waals surface area contributed by atoms with Crippen LogP contribution >= 0.6 is 0 Å². The van der Waals surface area contributed by atoms with Crippen LogP contribution in [0.5, 0.6) is 0 Å². The van der Waals surface area contributed by atoms with Gasteiger partial charge in [0, 0.05) is 11.5 Å². The molecule has 25 heteroatoms. The van der Waals surface area contributed by atoms with Crippen LogP contribution in [0.3, 0.4) is 0 Å². The van der Waals surface area contributed by atoms with Gasteiger partial charge in [-0.2, -0.15) is 0 Å². The monoisotopic (exact) mass is 909 g/mol. The van der Waals surface area contributed by atoms with Gasteiger partial charge in [-0.05, 0) is 95.0 Å². The molecule has 0 aromatic carbocycles. The van der Waals surface area contributed by atoms with Crippen molar-refractivity contribution in [3.63, 3.8) is 0 Å². The molecule has 0 spiro atoms. The van der Waals surface area contributed by atoms with Gasteiger partial charge in [-0.1, -0.05) is 5.11 Å². The van der Waals surface area contributed by atoms with Crippen molar-refractivity contribution in [2.75, 3.05) is 13.1 Å². The summed E-state index contributed by atoms with van der Waals surface area (Å²) in [5.41, 5.74) is 5.09. The molecule has 3 rings (SSSR count). The SMILES string of the molecule is CC(C)(C)OC(=O)NCC1O[C@H](O[C@@H]2C(NC(=O)OC(C)(C)C)C[C@@H](NC(=O)OC(C)(C)C)[C@@H](O[C@H]3OC(CN=[N+]=[N-])[C@@H](O)[C@@H](NC(=O)OC(C)(C)C)C3O)C2O)[C@@H](O)C(O)[C@@H]1O. The largest absolute Gasteiger partial charge is 0.444 e. The summed E-state index contributed by atoms with van der Waals surface area (Å²) in [6.45, 7) is 18.1. The predicted molar refractivity (Wildman–Crippen MR) is 215 cm³/mol. The van der Waals surface area contributed by atoms with Crippen LogP contribution in [-0.2, 0) is 37.9 Å². The minimum Gasteiger partial charge on any atom is -0.444 e. The predicted octanol–water partition coefficient (Wildman–Crippen LogP) is 0.291. The minimum atomic E-state index is -2.02. The van der Waals surface area contributed by atoms with E-state index in [0.29, 0.717) is 0 Å². The Morgan fingerprint density at radius 3 is 1.43 bits per heavy atom. The van der Waals surface area contributed by atoms with Gasteiger partial charge in [0.2, 0.25) is 0 Å². The maximum Gasteiger partial charge on any atom is 0.408 e. The zero-order valence-electron chi connectivity index (χ0n) is 37.7. The first-order valence-corrected chi connectivity index (χ1v) is 20.5. The Bertz CT molecular complexity index is 1610. The van der Waals surface area contributed by atoms with E-state index in [9.17, 15) is 49.8 Å². The number of carbonyl (C=O) groups excluding carboxylic acids is 4. The first-order chi connectivity index (χ1) is 28.8. The van der Waals surface area contributed by atoms with Gasteiger partial charge >= 0.3 is 24.4 Å². The molecule has 0 aromatic rings. The second kappa shape index (κ2) is 21.3. The van der Waals surface area contributed by atoms with E-state index in [0.717, 1.165) is 0 Å². The molecule has 0 radical (unpaired) electrons. The molecule has 4 amide bonds. The normalized spacial score (nSPS) is 34.0. The quantitative estimate of drug-likeness (QED) is 0.0576. The van der Waals surface area contributed by atoms with Crippen molar-refractivity contribution < 1.29 is 87.7 Å². The van der Waals surface area contributed by atoms with E-state index in [1.807, 2.05) is 0 Å². The van der Waals surface area contributed by atoms with E-state index in [2.05, 4.69) is 31.3 Å². The van der Waals surface area contributed by atoms with Crippen molar-refractivity contribution in [2.45, 2.75) is 204 Å². The molecule has 6 unspecified atom stereocenters. The molecule has 3 fully saturated rings. The number of hydrogen-bond donors (Lipinski definition) is 10. The standard InChI is InChI=1S/C38H67N7O18/c1-35(2,3)60-31(52)40-14-18-22(47)24(49)25(50)30(56-18)59-28-17(43-33(54)62-37(7,8)9)13-16(42-32(53)61-36(4,5)6)27(26(28)51)58-29-23(48)20(44-34(55)63-38(10,11)12)21(46)19(57-29)15-41-45-39/h16-30,46-51H,13-15H2,1-12H3,(H,40,52)(H,42,53)(H,43,54)(H,44,55)/t16-,17?,18?,19?,20-,21-,22-,23?,24?,25+,26?,27-,28-,29-,30-/m1/s1. The third kappa shape index (κ3) is 16.5. The highest BCUT2D eigenvalue weighted by atomic mass is 16.7. The number of aliphatic hydroxyl groups is 6. The molecule has 362 valence electrons. The van der Waals surface area contributed by atoms with Gasteiger partial charge in [0.15, 0.2) is 12.6 Å². The zero-order chi connectivity index (χ0) is 48.0. The first kappa shape index (κ1) is 53.3. The number of aliphatic hydroxyl groups excluding tert-OH is 6. The maximum atomic E-state index is 13.3. The Morgan fingerprint density at radius 2 is 0.984 bits per heavy atom. The molecule has 3 aliphatic rings. The Balaban J connectivity index is 2.08. The number of carbonyl (C=O) groups is 4. The van der Waals surface area contributed by atoms with Gasteiger partial charge in [0.05, 0.1) is 30.8 Å². The van der Waals surface area contributed by atoms with E-state index < -0.39 is 152 Å². The summed E-state index contributed by atoms with van der Waals surface area (Å²) in [7, 11) is 0. The van der Waals surface area contributed by atoms with Crippen LogP contribution in [0.4, 0.5) is 19.2 Å². The second-order valence-corrected chi connectivity index (χ2v) is 19.4. The molecular weight excluding hydrogens is 842 g/mol. The minimum absolute atomic E-state index is 0.379. The third-order valence-electron chi connectivity index (χ3n) is 9.19. The second-order valence-electron chi connectivity index (χ2n) is 19.4. The molecule has 25 nitrogen and oxygen atoms in total. The Kier molecular flexibility index (Phi) is 18.0. The van der Waals surface area contributed by atoms with Crippen LogP contribution in [0, 0.1) is 0 Å². The van der Waals surface area contributed by atoms with Gasteiger partial charge in [-0.15, -0.1) is 0 Å². The van der Waals surface area contributed by atoms with E-state index in [-0.39, 0.29) is 6.42 Å². The van der Waals surface area contributed by atoms with Crippen LogP contribution in [0.25, 0.3) is 10.4 Å². The summed E-state index contributed by atoms with van der Waals surface area (Å²) >= 11 is 0. The lowest BCUT2D eigenvalue weighted by atomic mass is 9.83. The van der Waals surface area contributed by atoms with Gasteiger partial charge in [0.1, 0.15) is 77.3 Å². The maximum absolute atomic E-state index is 13.3. The summed E-state index contributed by atoms with van der Waals surface area (Å²) in [6, 6.07) is -4.32. The third-order valence-corrected chi connectivity index (χ3v) is 9.19. The van der Waals surface area contributed by atoms with Gasteiger partial charge in [-0.3, -0.25) is 0 Å². The van der Waals surface area contributed by atoms with Crippen molar-refractivity contribution in [3.8, 4) is 0 Å². The van der Waals surface area contributed by atoms with Crippen LogP contribution < -0.4 is 21.3 Å². The molecule has 0 bridgehead atoms. The first-order valence-electron chi connectivity index (χ1n) is 20.5.